The summed E-state index contributed by atoms with van der Waals surface area (Å²) in [4.78, 5) is 0. The third-order valence-corrected chi connectivity index (χ3v) is 4.02. The largest absolute Gasteiger partial charge is 0.309 e. The van der Waals surface area contributed by atoms with Crippen molar-refractivity contribution in [3.8, 4) is 0 Å². The minimum absolute atomic E-state index is 0.211. The van der Waals surface area contributed by atoms with E-state index in [-0.39, 0.29) is 6.04 Å². The second-order valence-electron chi connectivity index (χ2n) is 4.06. The lowest BCUT2D eigenvalue weighted by Crippen LogP contribution is -2.18. The molecule has 1 atom stereocenters. The van der Waals surface area contributed by atoms with Crippen LogP contribution in [0.1, 0.15) is 17.2 Å². The maximum absolute atomic E-state index is 13.3. The Morgan fingerprint density at radius 3 is 2.32 bits per heavy atom. The zero-order valence-electron chi connectivity index (χ0n) is 10.1. The fourth-order valence-electron chi connectivity index (χ4n) is 1.93. The van der Waals surface area contributed by atoms with Crippen LogP contribution in [0.3, 0.4) is 0 Å². The molecule has 1 N–H and O–H groups in total. The Kier molecular flexibility index (Phi) is 4.71. The first-order valence-electron chi connectivity index (χ1n) is 5.60. The molecule has 5 heteroatoms. The molecule has 100 valence electrons. The molecule has 1 nitrogen and oxygen atoms in total. The van der Waals surface area contributed by atoms with Gasteiger partial charge >= 0.3 is 0 Å². The van der Waals surface area contributed by atoms with E-state index in [1.807, 2.05) is 18.2 Å². The zero-order valence-corrected chi connectivity index (χ0v) is 13.2. The Morgan fingerprint density at radius 2 is 1.74 bits per heavy atom. The van der Waals surface area contributed by atoms with Gasteiger partial charge in [-0.1, -0.05) is 44.0 Å². The highest BCUT2D eigenvalue weighted by molar-refractivity contribution is 9.11. The van der Waals surface area contributed by atoms with E-state index in [1.165, 1.54) is 6.07 Å². The second-order valence-corrected chi connectivity index (χ2v) is 5.83. The fourth-order valence-corrected chi connectivity index (χ4v) is 3.21. The van der Waals surface area contributed by atoms with Crippen LogP contribution in [0.4, 0.5) is 8.78 Å². The number of halogens is 4. The molecule has 0 fully saturated rings. The quantitative estimate of drug-likeness (QED) is 0.793. The summed E-state index contributed by atoms with van der Waals surface area (Å²) in [5.41, 5.74) is 1.63. The molecule has 0 amide bonds. The van der Waals surface area contributed by atoms with Crippen molar-refractivity contribution in [1.82, 2.24) is 5.32 Å². The monoisotopic (exact) mass is 389 g/mol. The van der Waals surface area contributed by atoms with E-state index in [4.69, 9.17) is 0 Å². The van der Waals surface area contributed by atoms with Gasteiger partial charge in [0.15, 0.2) is 11.6 Å². The molecule has 19 heavy (non-hydrogen) atoms. The number of hydrogen-bond donors (Lipinski definition) is 1. The van der Waals surface area contributed by atoms with Gasteiger partial charge in [0.05, 0.1) is 6.04 Å². The fraction of sp³-hybridized carbons (Fsp3) is 0.143. The van der Waals surface area contributed by atoms with E-state index in [0.717, 1.165) is 20.6 Å². The van der Waals surface area contributed by atoms with Crippen molar-refractivity contribution in [2.75, 3.05) is 7.05 Å². The van der Waals surface area contributed by atoms with Crippen molar-refractivity contribution in [3.63, 3.8) is 0 Å². The van der Waals surface area contributed by atoms with Gasteiger partial charge in [-0.25, -0.2) is 8.78 Å². The van der Waals surface area contributed by atoms with Gasteiger partial charge in [0.2, 0.25) is 0 Å². The molecule has 0 saturated carbocycles. The topological polar surface area (TPSA) is 12.0 Å². The minimum atomic E-state index is -0.842. The molecule has 0 saturated heterocycles. The van der Waals surface area contributed by atoms with Crippen molar-refractivity contribution < 1.29 is 8.78 Å². The molecule has 0 aliphatic carbocycles. The number of benzene rings is 2. The van der Waals surface area contributed by atoms with Gasteiger partial charge in [-0.3, -0.25) is 0 Å². The van der Waals surface area contributed by atoms with Crippen LogP contribution < -0.4 is 5.32 Å². The van der Waals surface area contributed by atoms with Crippen molar-refractivity contribution in [2.45, 2.75) is 6.04 Å². The number of rotatable bonds is 3. The van der Waals surface area contributed by atoms with E-state index in [2.05, 4.69) is 37.2 Å². The first-order chi connectivity index (χ1) is 9.02. The summed E-state index contributed by atoms with van der Waals surface area (Å²) in [6.45, 7) is 0. The van der Waals surface area contributed by atoms with Gasteiger partial charge in [-0.2, -0.15) is 0 Å². The molecule has 0 aromatic heterocycles. The molecular formula is C14H11Br2F2N. The summed E-state index contributed by atoms with van der Waals surface area (Å²) in [7, 11) is 1.78. The van der Waals surface area contributed by atoms with Crippen LogP contribution in [0.25, 0.3) is 0 Å². The number of nitrogens with one attached hydrogen (secondary N) is 1. The van der Waals surface area contributed by atoms with E-state index in [1.54, 1.807) is 13.1 Å². The average Bonchev–Trinajstić information content (AvgIpc) is 2.37. The lowest BCUT2D eigenvalue weighted by Gasteiger charge is -2.19. The molecular weight excluding hydrogens is 380 g/mol. The van der Waals surface area contributed by atoms with Crippen LogP contribution in [0.15, 0.2) is 45.3 Å². The molecule has 0 aliphatic rings. The minimum Gasteiger partial charge on any atom is -0.309 e. The number of hydrogen-bond acceptors (Lipinski definition) is 1. The lowest BCUT2D eigenvalue weighted by atomic mass is 9.99. The standard InChI is InChI=1S/C14H11Br2F2N/c1-19-14(8-2-5-12(17)13(18)6-8)10-4-3-9(15)7-11(10)16/h2-7,14,19H,1H3. The second kappa shape index (κ2) is 6.11. The van der Waals surface area contributed by atoms with Crippen LogP contribution in [-0.2, 0) is 0 Å². The van der Waals surface area contributed by atoms with Crippen molar-refractivity contribution in [2.24, 2.45) is 0 Å². The van der Waals surface area contributed by atoms with E-state index in [0.29, 0.717) is 5.56 Å². The SMILES string of the molecule is CNC(c1ccc(F)c(F)c1)c1ccc(Br)cc1Br. The van der Waals surface area contributed by atoms with Crippen LogP contribution in [0.2, 0.25) is 0 Å². The van der Waals surface area contributed by atoms with E-state index >= 15 is 0 Å². The van der Waals surface area contributed by atoms with Crippen LogP contribution >= 0.6 is 31.9 Å². The van der Waals surface area contributed by atoms with Gasteiger partial charge in [-0.05, 0) is 42.4 Å². The van der Waals surface area contributed by atoms with Gasteiger partial charge in [0.1, 0.15) is 0 Å². The van der Waals surface area contributed by atoms with Crippen molar-refractivity contribution >= 4 is 31.9 Å². The predicted octanol–water partition coefficient (Wildman–Crippen LogP) is 4.80. The first-order valence-corrected chi connectivity index (χ1v) is 7.18. The Bertz CT molecular complexity index is 602. The van der Waals surface area contributed by atoms with Gasteiger partial charge in [0, 0.05) is 8.95 Å². The van der Waals surface area contributed by atoms with Crippen LogP contribution in [-0.4, -0.2) is 7.05 Å². The molecule has 0 radical (unpaired) electrons. The molecule has 0 aliphatic heterocycles. The summed E-state index contributed by atoms with van der Waals surface area (Å²) in [5.74, 6) is -1.68. The summed E-state index contributed by atoms with van der Waals surface area (Å²) in [6.07, 6.45) is 0. The molecule has 0 spiro atoms. The zero-order chi connectivity index (χ0) is 14.0. The molecule has 0 heterocycles. The third-order valence-electron chi connectivity index (χ3n) is 2.84. The highest BCUT2D eigenvalue weighted by Gasteiger charge is 2.16. The Hall–Kier alpha value is -0.780. The molecule has 2 rings (SSSR count). The van der Waals surface area contributed by atoms with Gasteiger partial charge < -0.3 is 5.32 Å². The summed E-state index contributed by atoms with van der Waals surface area (Å²) < 4.78 is 28.2. The maximum atomic E-state index is 13.3. The predicted molar refractivity (Wildman–Crippen MR) is 79.1 cm³/mol. The molecule has 2 aromatic rings. The summed E-state index contributed by atoms with van der Waals surface area (Å²) >= 11 is 6.87. The highest BCUT2D eigenvalue weighted by atomic mass is 79.9. The molecule has 0 bridgehead atoms. The third kappa shape index (κ3) is 3.22. The van der Waals surface area contributed by atoms with Crippen LogP contribution in [0, 0.1) is 11.6 Å². The Balaban J connectivity index is 2.46. The van der Waals surface area contributed by atoms with Crippen molar-refractivity contribution in [3.05, 3.63) is 68.1 Å². The van der Waals surface area contributed by atoms with Gasteiger partial charge in [-0.15, -0.1) is 0 Å². The molecule has 1 unspecified atom stereocenters. The maximum Gasteiger partial charge on any atom is 0.159 e. The summed E-state index contributed by atoms with van der Waals surface area (Å²) in [5, 5.41) is 3.11. The van der Waals surface area contributed by atoms with E-state index in [9.17, 15) is 8.78 Å². The van der Waals surface area contributed by atoms with E-state index < -0.39 is 11.6 Å². The summed E-state index contributed by atoms with van der Waals surface area (Å²) in [6, 6.07) is 9.47. The normalized spacial score (nSPS) is 12.5. The first kappa shape index (κ1) is 14.6. The van der Waals surface area contributed by atoms with Gasteiger partial charge in [0.25, 0.3) is 0 Å². The van der Waals surface area contributed by atoms with Crippen LogP contribution in [0.5, 0.6) is 0 Å². The highest BCUT2D eigenvalue weighted by Crippen LogP contribution is 2.31. The molecule has 2 aromatic carbocycles. The lowest BCUT2D eigenvalue weighted by molar-refractivity contribution is 0.505. The average molecular weight is 391 g/mol. The van der Waals surface area contributed by atoms with Crippen molar-refractivity contribution in [1.29, 1.82) is 0 Å². The Morgan fingerprint density at radius 1 is 1.00 bits per heavy atom. The Labute approximate surface area is 127 Å². The smallest absolute Gasteiger partial charge is 0.159 e.